The molecule has 1 atom stereocenters. The summed E-state index contributed by atoms with van der Waals surface area (Å²) in [4.78, 5) is 5.89. The van der Waals surface area contributed by atoms with Crippen LogP contribution < -0.4 is 14.4 Å². The Morgan fingerprint density at radius 2 is 1.93 bits per heavy atom. The maximum absolute atomic E-state index is 13.4. The minimum Gasteiger partial charge on any atom is -0.497 e. The van der Waals surface area contributed by atoms with Gasteiger partial charge in [-0.1, -0.05) is 6.07 Å². The molecule has 27 heavy (non-hydrogen) atoms. The van der Waals surface area contributed by atoms with Crippen molar-refractivity contribution < 1.29 is 22.3 Å². The van der Waals surface area contributed by atoms with Crippen LogP contribution in [0.15, 0.2) is 41.3 Å². The fourth-order valence-corrected chi connectivity index (χ4v) is 4.82. The van der Waals surface area contributed by atoms with Crippen LogP contribution in [0, 0.1) is 5.95 Å². The highest BCUT2D eigenvalue weighted by Crippen LogP contribution is 2.32. The summed E-state index contributed by atoms with van der Waals surface area (Å²) >= 11 is 0. The molecule has 0 N–H and O–H groups in total. The molecule has 1 fully saturated rings. The Bertz CT molecular complexity index is 923. The van der Waals surface area contributed by atoms with E-state index in [2.05, 4.69) is 4.98 Å². The normalized spacial score (nSPS) is 18.4. The number of halogens is 1. The van der Waals surface area contributed by atoms with Crippen LogP contribution in [0.25, 0.3) is 0 Å². The van der Waals surface area contributed by atoms with Crippen molar-refractivity contribution in [2.75, 3.05) is 38.8 Å². The van der Waals surface area contributed by atoms with Gasteiger partial charge in [0.15, 0.2) is 0 Å². The van der Waals surface area contributed by atoms with Gasteiger partial charge in [-0.2, -0.15) is 8.70 Å². The number of rotatable bonds is 5. The molecule has 3 rings (SSSR count). The van der Waals surface area contributed by atoms with Crippen molar-refractivity contribution in [2.24, 2.45) is 0 Å². The average molecular weight is 395 g/mol. The smallest absolute Gasteiger partial charge is 0.246 e. The molecule has 1 aromatic carbocycles. The lowest BCUT2D eigenvalue weighted by molar-refractivity contribution is 0.336. The first-order chi connectivity index (χ1) is 12.9. The van der Waals surface area contributed by atoms with Gasteiger partial charge >= 0.3 is 0 Å². The highest BCUT2D eigenvalue weighted by Gasteiger charge is 2.34. The quantitative estimate of drug-likeness (QED) is 0.723. The second kappa shape index (κ2) is 7.69. The van der Waals surface area contributed by atoms with Crippen LogP contribution in [0.4, 0.5) is 10.2 Å². The molecule has 9 heteroatoms. The van der Waals surface area contributed by atoms with Gasteiger partial charge in [-0.05, 0) is 31.2 Å². The number of sulfonamides is 1. The molecule has 146 valence electrons. The Kier molecular flexibility index (Phi) is 5.52. The number of aromatic nitrogens is 1. The van der Waals surface area contributed by atoms with Gasteiger partial charge in [0.05, 0.1) is 14.2 Å². The van der Waals surface area contributed by atoms with Crippen LogP contribution in [0.1, 0.15) is 6.92 Å². The van der Waals surface area contributed by atoms with Crippen molar-refractivity contribution in [3.63, 3.8) is 0 Å². The second-order valence-electron chi connectivity index (χ2n) is 6.24. The molecule has 0 radical (unpaired) electrons. The van der Waals surface area contributed by atoms with Crippen molar-refractivity contribution in [2.45, 2.75) is 17.9 Å². The summed E-state index contributed by atoms with van der Waals surface area (Å²) in [5, 5.41) is 0. The highest BCUT2D eigenvalue weighted by atomic mass is 32.2. The Labute approximate surface area is 158 Å². The lowest BCUT2D eigenvalue weighted by Gasteiger charge is -2.39. The van der Waals surface area contributed by atoms with E-state index in [1.54, 1.807) is 24.3 Å². The summed E-state index contributed by atoms with van der Waals surface area (Å²) in [7, 11) is -0.820. The summed E-state index contributed by atoms with van der Waals surface area (Å²) in [5.41, 5.74) is 0. The zero-order chi connectivity index (χ0) is 19.6. The molecule has 1 aromatic heterocycles. The molecule has 0 aliphatic carbocycles. The van der Waals surface area contributed by atoms with Gasteiger partial charge in [0, 0.05) is 31.7 Å². The number of hydrogen-bond donors (Lipinski definition) is 0. The second-order valence-corrected chi connectivity index (χ2v) is 8.15. The maximum Gasteiger partial charge on any atom is 0.246 e. The number of nitrogens with zero attached hydrogens (tertiary/aromatic N) is 3. The molecule has 1 saturated heterocycles. The van der Waals surface area contributed by atoms with E-state index >= 15 is 0 Å². The minimum atomic E-state index is -3.74. The van der Waals surface area contributed by atoms with Crippen LogP contribution in [0.5, 0.6) is 11.5 Å². The van der Waals surface area contributed by atoms with E-state index in [-0.39, 0.29) is 29.8 Å². The summed E-state index contributed by atoms with van der Waals surface area (Å²) in [6.45, 7) is 2.82. The molecule has 0 spiro atoms. The number of piperazine rings is 1. The number of benzene rings is 1. The minimum absolute atomic E-state index is 0.0929. The van der Waals surface area contributed by atoms with Crippen LogP contribution >= 0.6 is 0 Å². The predicted molar refractivity (Wildman–Crippen MR) is 99.3 cm³/mol. The monoisotopic (exact) mass is 395 g/mol. The lowest BCUT2D eigenvalue weighted by atomic mass is 10.2. The number of methoxy groups -OCH3 is 2. The first-order valence-electron chi connectivity index (χ1n) is 8.48. The number of ether oxygens (including phenoxy) is 2. The molecule has 0 amide bonds. The highest BCUT2D eigenvalue weighted by molar-refractivity contribution is 7.89. The summed E-state index contributed by atoms with van der Waals surface area (Å²) in [5.74, 6) is 0.691. The zero-order valence-electron chi connectivity index (χ0n) is 15.4. The van der Waals surface area contributed by atoms with Gasteiger partial charge in [0.1, 0.15) is 22.2 Å². The molecular formula is C18H22FN3O4S. The maximum atomic E-state index is 13.4. The zero-order valence-corrected chi connectivity index (χ0v) is 16.2. The fraction of sp³-hybridized carbons (Fsp3) is 0.389. The summed E-state index contributed by atoms with van der Waals surface area (Å²) in [6, 6.07) is 9.05. The SMILES string of the molecule is COc1ccc(S(=O)(=O)N2CCN(c3cccc(F)n3)C(C)C2)c(OC)c1. The first kappa shape index (κ1) is 19.4. The Hall–Kier alpha value is -2.39. The lowest BCUT2D eigenvalue weighted by Crippen LogP contribution is -2.54. The third-order valence-corrected chi connectivity index (χ3v) is 6.48. The van der Waals surface area contributed by atoms with E-state index in [0.717, 1.165) is 0 Å². The molecule has 1 aliphatic rings. The molecule has 0 saturated carbocycles. The van der Waals surface area contributed by atoms with Gasteiger partial charge in [-0.25, -0.2) is 13.4 Å². The molecule has 2 aromatic rings. The van der Waals surface area contributed by atoms with E-state index in [0.29, 0.717) is 18.1 Å². The van der Waals surface area contributed by atoms with E-state index in [1.807, 2.05) is 11.8 Å². The third-order valence-electron chi connectivity index (χ3n) is 4.57. The molecule has 1 aliphatic heterocycles. The number of hydrogen-bond acceptors (Lipinski definition) is 6. The third kappa shape index (κ3) is 3.84. The topological polar surface area (TPSA) is 72.0 Å². The Morgan fingerprint density at radius 1 is 1.15 bits per heavy atom. The Morgan fingerprint density at radius 3 is 2.56 bits per heavy atom. The number of anilines is 1. The van der Waals surface area contributed by atoms with Crippen molar-refractivity contribution in [1.82, 2.24) is 9.29 Å². The standard InChI is InChI=1S/C18H22FN3O4S/c1-13-12-21(9-10-22(13)18-6-4-5-17(19)20-18)27(23,24)16-8-7-14(25-2)11-15(16)26-3/h4-8,11,13H,9-10,12H2,1-3H3. The molecule has 1 unspecified atom stereocenters. The number of pyridine rings is 1. The van der Waals surface area contributed by atoms with Gasteiger partial charge in [-0.15, -0.1) is 0 Å². The van der Waals surface area contributed by atoms with Gasteiger partial charge in [0.25, 0.3) is 0 Å². The van der Waals surface area contributed by atoms with Crippen LogP contribution in [-0.2, 0) is 10.0 Å². The Balaban J connectivity index is 1.84. The summed E-state index contributed by atoms with van der Waals surface area (Å²) < 4.78 is 51.4. The predicted octanol–water partition coefficient (Wildman–Crippen LogP) is 2.14. The van der Waals surface area contributed by atoms with Crippen LogP contribution in [0.3, 0.4) is 0 Å². The van der Waals surface area contributed by atoms with Gasteiger partial charge in [-0.3, -0.25) is 0 Å². The van der Waals surface area contributed by atoms with E-state index in [4.69, 9.17) is 9.47 Å². The van der Waals surface area contributed by atoms with Crippen molar-refractivity contribution in [1.29, 1.82) is 0 Å². The van der Waals surface area contributed by atoms with Crippen molar-refractivity contribution in [3.8, 4) is 11.5 Å². The van der Waals surface area contributed by atoms with Crippen molar-refractivity contribution in [3.05, 3.63) is 42.3 Å². The summed E-state index contributed by atoms with van der Waals surface area (Å²) in [6.07, 6.45) is 0. The van der Waals surface area contributed by atoms with E-state index in [9.17, 15) is 12.8 Å². The first-order valence-corrected chi connectivity index (χ1v) is 9.92. The van der Waals surface area contributed by atoms with Crippen LogP contribution in [0.2, 0.25) is 0 Å². The molecule has 2 heterocycles. The largest absolute Gasteiger partial charge is 0.497 e. The fourth-order valence-electron chi connectivity index (χ4n) is 3.17. The van der Waals surface area contributed by atoms with Gasteiger partial charge in [0.2, 0.25) is 16.0 Å². The molecular weight excluding hydrogens is 373 g/mol. The van der Waals surface area contributed by atoms with E-state index in [1.165, 1.54) is 30.7 Å². The van der Waals surface area contributed by atoms with Crippen LogP contribution in [-0.4, -0.2) is 57.6 Å². The van der Waals surface area contributed by atoms with E-state index < -0.39 is 16.0 Å². The van der Waals surface area contributed by atoms with Crippen molar-refractivity contribution >= 4 is 15.8 Å². The molecule has 0 bridgehead atoms. The average Bonchev–Trinajstić information content (AvgIpc) is 2.67. The van der Waals surface area contributed by atoms with Gasteiger partial charge < -0.3 is 14.4 Å². The molecule has 7 nitrogen and oxygen atoms in total.